The number of aliphatic imine (C=N–C) groups is 1. The lowest BCUT2D eigenvalue weighted by molar-refractivity contribution is 0.415. The zero-order chi connectivity index (χ0) is 19.8. The first-order valence-electron chi connectivity index (χ1n) is 9.37. The van der Waals surface area contributed by atoms with Crippen molar-refractivity contribution in [3.05, 3.63) is 52.0 Å². The van der Waals surface area contributed by atoms with Gasteiger partial charge in [-0.3, -0.25) is 5.10 Å². The number of nitrogens with zero attached hydrogens (tertiary/aromatic N) is 3. The molecule has 0 saturated carbocycles. The van der Waals surface area contributed by atoms with Crippen LogP contribution in [0.5, 0.6) is 5.75 Å². The van der Waals surface area contributed by atoms with Crippen molar-refractivity contribution < 1.29 is 4.74 Å². The largest absolute Gasteiger partial charge is 0.497 e. The van der Waals surface area contributed by atoms with Crippen LogP contribution in [0.2, 0.25) is 0 Å². The first-order valence-corrected chi connectivity index (χ1v) is 10.2. The van der Waals surface area contributed by atoms with Gasteiger partial charge in [0, 0.05) is 21.9 Å². The highest BCUT2D eigenvalue weighted by molar-refractivity contribution is 14.0. The fraction of sp³-hybridized carbons (Fsp3) is 0.350. The molecular weight excluding hydrogens is 499 g/mol. The van der Waals surface area contributed by atoms with E-state index in [0.717, 1.165) is 36.8 Å². The molecule has 2 heterocycles. The van der Waals surface area contributed by atoms with Gasteiger partial charge in [-0.25, -0.2) is 9.98 Å². The second-order valence-electron chi connectivity index (χ2n) is 6.10. The van der Waals surface area contributed by atoms with Gasteiger partial charge in [0.05, 0.1) is 13.7 Å². The van der Waals surface area contributed by atoms with Crippen molar-refractivity contribution in [3.63, 3.8) is 0 Å². The summed E-state index contributed by atoms with van der Waals surface area (Å²) in [7, 11) is 1.65. The van der Waals surface area contributed by atoms with Crippen molar-refractivity contribution in [2.45, 2.75) is 33.4 Å². The quantitative estimate of drug-likeness (QED) is 0.235. The summed E-state index contributed by atoms with van der Waals surface area (Å²) in [6, 6.07) is 12.0. The Labute approximate surface area is 192 Å². The van der Waals surface area contributed by atoms with Crippen molar-refractivity contribution in [2.24, 2.45) is 4.99 Å². The highest BCUT2D eigenvalue weighted by Gasteiger charge is 2.07. The highest BCUT2D eigenvalue weighted by atomic mass is 127. The molecular formula is C20H27IN6OS. The molecule has 0 spiro atoms. The average Bonchev–Trinajstić information content (AvgIpc) is 3.39. The molecule has 0 unspecified atom stereocenters. The molecule has 0 bridgehead atoms. The maximum absolute atomic E-state index is 5.18. The zero-order valence-electron chi connectivity index (χ0n) is 16.9. The van der Waals surface area contributed by atoms with Gasteiger partial charge in [-0.1, -0.05) is 6.92 Å². The van der Waals surface area contributed by atoms with Gasteiger partial charge in [0.15, 0.2) is 11.8 Å². The van der Waals surface area contributed by atoms with Crippen LogP contribution in [0.4, 0.5) is 0 Å². The molecule has 7 nitrogen and oxygen atoms in total. The minimum Gasteiger partial charge on any atom is -0.497 e. The summed E-state index contributed by atoms with van der Waals surface area (Å²) >= 11 is 1.83. The number of aromatic nitrogens is 3. The molecule has 0 fully saturated rings. The Morgan fingerprint density at radius 2 is 1.86 bits per heavy atom. The van der Waals surface area contributed by atoms with Gasteiger partial charge in [-0.15, -0.1) is 35.3 Å². The maximum Gasteiger partial charge on any atom is 0.191 e. The molecule has 3 aromatic rings. The Morgan fingerprint density at radius 3 is 2.52 bits per heavy atom. The number of aryl methyl sites for hydroxylation is 1. The van der Waals surface area contributed by atoms with E-state index in [4.69, 9.17) is 4.74 Å². The Balaban J connectivity index is 0.00000300. The van der Waals surface area contributed by atoms with Crippen LogP contribution < -0.4 is 15.4 Å². The van der Waals surface area contributed by atoms with E-state index in [9.17, 15) is 0 Å². The van der Waals surface area contributed by atoms with Gasteiger partial charge in [-0.2, -0.15) is 5.10 Å². The lowest BCUT2D eigenvalue weighted by Gasteiger charge is -2.09. The van der Waals surface area contributed by atoms with Crippen LogP contribution in [0.3, 0.4) is 0 Å². The van der Waals surface area contributed by atoms with E-state index in [1.54, 1.807) is 7.11 Å². The minimum absolute atomic E-state index is 0. The third-order valence-corrected chi connectivity index (χ3v) is 5.34. The minimum atomic E-state index is 0. The molecule has 3 rings (SSSR count). The van der Waals surface area contributed by atoms with Crippen LogP contribution in [0.1, 0.15) is 29.4 Å². The third-order valence-electron chi connectivity index (χ3n) is 4.11. The van der Waals surface area contributed by atoms with Crippen molar-refractivity contribution in [2.75, 3.05) is 13.7 Å². The van der Waals surface area contributed by atoms with E-state index in [-0.39, 0.29) is 24.0 Å². The Bertz CT molecular complexity index is 906. The SMILES string of the molecule is CCNC(=NCc1nc(-c2ccc(OC)cc2)n[nH]1)NCc1ccc(CC)s1.I. The Hall–Kier alpha value is -2.14. The number of H-pyrrole nitrogens is 1. The van der Waals surface area contributed by atoms with Crippen molar-refractivity contribution in [1.29, 1.82) is 0 Å². The van der Waals surface area contributed by atoms with Gasteiger partial charge in [-0.05, 0) is 49.7 Å². The molecule has 0 radical (unpaired) electrons. The summed E-state index contributed by atoms with van der Waals surface area (Å²) in [6.07, 6.45) is 1.07. The lowest BCUT2D eigenvalue weighted by Crippen LogP contribution is -2.36. The van der Waals surface area contributed by atoms with Gasteiger partial charge < -0.3 is 15.4 Å². The Morgan fingerprint density at radius 1 is 1.10 bits per heavy atom. The smallest absolute Gasteiger partial charge is 0.191 e. The number of ether oxygens (including phenoxy) is 1. The summed E-state index contributed by atoms with van der Waals surface area (Å²) < 4.78 is 5.18. The number of nitrogens with one attached hydrogen (secondary N) is 3. The first kappa shape index (κ1) is 23.1. The van der Waals surface area contributed by atoms with Crippen molar-refractivity contribution in [1.82, 2.24) is 25.8 Å². The summed E-state index contributed by atoms with van der Waals surface area (Å²) in [6.45, 7) is 6.19. The average molecular weight is 526 g/mol. The second-order valence-corrected chi connectivity index (χ2v) is 7.36. The van der Waals surface area contributed by atoms with Crippen molar-refractivity contribution in [3.8, 4) is 17.1 Å². The van der Waals surface area contributed by atoms with E-state index in [1.807, 2.05) is 42.5 Å². The van der Waals surface area contributed by atoms with Gasteiger partial charge in [0.25, 0.3) is 0 Å². The van der Waals surface area contributed by atoms with E-state index in [1.165, 1.54) is 9.75 Å². The maximum atomic E-state index is 5.18. The molecule has 0 saturated heterocycles. The number of hydrogen-bond acceptors (Lipinski definition) is 5. The monoisotopic (exact) mass is 526 g/mol. The van der Waals surface area contributed by atoms with E-state index in [2.05, 4.69) is 49.9 Å². The van der Waals surface area contributed by atoms with Crippen LogP contribution >= 0.6 is 35.3 Å². The number of thiophene rings is 1. The van der Waals surface area contributed by atoms with Crippen LogP contribution in [-0.2, 0) is 19.5 Å². The van der Waals surface area contributed by atoms with Crippen LogP contribution in [-0.4, -0.2) is 34.8 Å². The molecule has 3 N–H and O–H groups in total. The summed E-state index contributed by atoms with van der Waals surface area (Å²) in [5.41, 5.74) is 0.932. The first-order chi connectivity index (χ1) is 13.7. The van der Waals surface area contributed by atoms with Crippen LogP contribution in [0, 0.1) is 0 Å². The van der Waals surface area contributed by atoms with Gasteiger partial charge in [0.1, 0.15) is 18.1 Å². The van der Waals surface area contributed by atoms with E-state index in [0.29, 0.717) is 18.2 Å². The molecule has 0 aliphatic rings. The van der Waals surface area contributed by atoms with Crippen LogP contribution in [0.25, 0.3) is 11.4 Å². The summed E-state index contributed by atoms with van der Waals surface area (Å²) in [5, 5.41) is 13.9. The number of guanidine groups is 1. The fourth-order valence-corrected chi connectivity index (χ4v) is 3.51. The predicted molar refractivity (Wildman–Crippen MR) is 129 cm³/mol. The van der Waals surface area contributed by atoms with Gasteiger partial charge in [0.2, 0.25) is 0 Å². The molecule has 156 valence electrons. The zero-order valence-corrected chi connectivity index (χ0v) is 20.0. The van der Waals surface area contributed by atoms with Crippen molar-refractivity contribution >= 4 is 41.3 Å². The molecule has 0 atom stereocenters. The molecule has 9 heteroatoms. The highest BCUT2D eigenvalue weighted by Crippen LogP contribution is 2.19. The van der Waals surface area contributed by atoms with Gasteiger partial charge >= 0.3 is 0 Å². The predicted octanol–water partition coefficient (Wildman–Crippen LogP) is 3.98. The number of rotatable bonds is 8. The fourth-order valence-electron chi connectivity index (χ4n) is 2.61. The lowest BCUT2D eigenvalue weighted by atomic mass is 10.2. The molecule has 0 amide bonds. The number of benzene rings is 1. The number of aromatic amines is 1. The van der Waals surface area contributed by atoms with E-state index >= 15 is 0 Å². The van der Waals surface area contributed by atoms with E-state index < -0.39 is 0 Å². The molecule has 2 aromatic heterocycles. The molecule has 0 aliphatic carbocycles. The molecule has 29 heavy (non-hydrogen) atoms. The molecule has 0 aliphatic heterocycles. The molecule has 1 aromatic carbocycles. The standard InChI is InChI=1S/C20H26N6OS.HI/c1-4-16-10-11-17(28-16)12-22-20(21-5-2)23-13-18-24-19(26-25-18)14-6-8-15(27-3)9-7-14;/h6-11H,4-5,12-13H2,1-3H3,(H2,21,22,23)(H,24,25,26);1H. The van der Waals surface area contributed by atoms with Crippen LogP contribution in [0.15, 0.2) is 41.4 Å². The normalized spacial score (nSPS) is 11.1. The number of halogens is 1. The number of hydrogen-bond donors (Lipinski definition) is 3. The Kier molecular flexibility index (Phi) is 9.39. The third kappa shape index (κ3) is 6.70. The summed E-state index contributed by atoms with van der Waals surface area (Å²) in [5.74, 6) is 2.93. The number of methoxy groups -OCH3 is 1. The topological polar surface area (TPSA) is 87.2 Å². The second kappa shape index (κ2) is 11.8. The summed E-state index contributed by atoms with van der Waals surface area (Å²) in [4.78, 5) is 11.8.